The normalized spacial score (nSPS) is 10.7. The first-order valence-electron chi connectivity index (χ1n) is 7.22. The van der Waals surface area contributed by atoms with Gasteiger partial charge in [-0.05, 0) is 18.9 Å². The van der Waals surface area contributed by atoms with Crippen LogP contribution in [-0.2, 0) is 17.9 Å². The molecular formula is C15H21BN2O4. The predicted molar refractivity (Wildman–Crippen MR) is 84.1 cm³/mol. The van der Waals surface area contributed by atoms with Crippen molar-refractivity contribution in [3.63, 3.8) is 0 Å². The number of nitrogens with zero attached hydrogens (tertiary/aromatic N) is 2. The second-order valence-electron chi connectivity index (χ2n) is 5.02. The molecule has 0 atom stereocenters. The Morgan fingerprint density at radius 1 is 1.23 bits per heavy atom. The van der Waals surface area contributed by atoms with Crippen LogP contribution in [0.2, 0.25) is 0 Å². The molecule has 0 unspecified atom stereocenters. The van der Waals surface area contributed by atoms with Crippen LogP contribution in [0.4, 0.5) is 0 Å². The summed E-state index contributed by atoms with van der Waals surface area (Å²) >= 11 is 0. The van der Waals surface area contributed by atoms with Gasteiger partial charge in [0.25, 0.3) is 0 Å². The predicted octanol–water partition coefficient (Wildman–Crippen LogP) is 0.487. The third kappa shape index (κ3) is 4.10. The SMILES string of the molecule is COCCCn1nc(C)c(OCc2ccccc2)c1B(O)O. The molecular weight excluding hydrogens is 283 g/mol. The second-order valence-corrected chi connectivity index (χ2v) is 5.02. The van der Waals surface area contributed by atoms with E-state index in [4.69, 9.17) is 9.47 Å². The van der Waals surface area contributed by atoms with E-state index in [-0.39, 0.29) is 5.59 Å². The highest BCUT2D eigenvalue weighted by atomic mass is 16.5. The van der Waals surface area contributed by atoms with Gasteiger partial charge in [-0.25, -0.2) is 0 Å². The fourth-order valence-corrected chi connectivity index (χ4v) is 2.27. The van der Waals surface area contributed by atoms with E-state index < -0.39 is 7.12 Å². The summed E-state index contributed by atoms with van der Waals surface area (Å²) in [7, 11) is -0.000571. The van der Waals surface area contributed by atoms with E-state index in [0.29, 0.717) is 31.2 Å². The quantitative estimate of drug-likeness (QED) is 0.548. The molecule has 0 aliphatic heterocycles. The first kappa shape index (κ1) is 16.5. The highest BCUT2D eigenvalue weighted by Gasteiger charge is 2.26. The summed E-state index contributed by atoms with van der Waals surface area (Å²) in [4.78, 5) is 0. The van der Waals surface area contributed by atoms with Crippen molar-refractivity contribution in [3.05, 3.63) is 41.6 Å². The van der Waals surface area contributed by atoms with Gasteiger partial charge in [-0.2, -0.15) is 5.10 Å². The van der Waals surface area contributed by atoms with Gasteiger partial charge in [0.15, 0.2) is 5.75 Å². The maximum absolute atomic E-state index is 9.64. The van der Waals surface area contributed by atoms with Crippen LogP contribution >= 0.6 is 0 Å². The number of ether oxygens (including phenoxy) is 2. The van der Waals surface area contributed by atoms with Crippen LogP contribution in [0, 0.1) is 6.92 Å². The van der Waals surface area contributed by atoms with Gasteiger partial charge >= 0.3 is 7.12 Å². The van der Waals surface area contributed by atoms with Crippen molar-refractivity contribution in [2.24, 2.45) is 0 Å². The van der Waals surface area contributed by atoms with Crippen molar-refractivity contribution in [3.8, 4) is 5.75 Å². The minimum Gasteiger partial charge on any atom is -0.486 e. The van der Waals surface area contributed by atoms with E-state index in [9.17, 15) is 10.0 Å². The Morgan fingerprint density at radius 3 is 2.59 bits per heavy atom. The zero-order chi connectivity index (χ0) is 15.9. The molecule has 118 valence electrons. The number of benzene rings is 1. The summed E-state index contributed by atoms with van der Waals surface area (Å²) < 4.78 is 12.3. The molecule has 0 saturated heterocycles. The fraction of sp³-hybridized carbons (Fsp3) is 0.400. The fourth-order valence-electron chi connectivity index (χ4n) is 2.27. The van der Waals surface area contributed by atoms with E-state index in [2.05, 4.69) is 5.10 Å². The summed E-state index contributed by atoms with van der Waals surface area (Å²) in [5, 5.41) is 23.6. The van der Waals surface area contributed by atoms with E-state index in [0.717, 1.165) is 12.0 Å². The van der Waals surface area contributed by atoms with Gasteiger partial charge in [0.05, 0.1) is 0 Å². The van der Waals surface area contributed by atoms with Crippen LogP contribution in [0.25, 0.3) is 0 Å². The Balaban J connectivity index is 2.15. The lowest BCUT2D eigenvalue weighted by atomic mass is 9.85. The van der Waals surface area contributed by atoms with Crippen LogP contribution in [-0.4, -0.2) is 40.7 Å². The minimum absolute atomic E-state index is 0.282. The molecule has 1 aromatic heterocycles. The lowest BCUT2D eigenvalue weighted by Crippen LogP contribution is -2.38. The van der Waals surface area contributed by atoms with Crippen LogP contribution in [0.15, 0.2) is 30.3 Å². The molecule has 0 aliphatic rings. The Hall–Kier alpha value is -1.83. The molecule has 0 aliphatic carbocycles. The van der Waals surface area contributed by atoms with Crippen molar-refractivity contribution < 1.29 is 19.5 Å². The molecule has 0 radical (unpaired) electrons. The van der Waals surface area contributed by atoms with Crippen molar-refractivity contribution in [1.82, 2.24) is 9.78 Å². The number of aryl methyl sites for hydroxylation is 2. The molecule has 2 aromatic rings. The second kappa shape index (κ2) is 7.98. The van der Waals surface area contributed by atoms with Gasteiger partial charge in [-0.15, -0.1) is 0 Å². The monoisotopic (exact) mass is 304 g/mol. The summed E-state index contributed by atoms with van der Waals surface area (Å²) in [6.07, 6.45) is 0.732. The highest BCUT2D eigenvalue weighted by molar-refractivity contribution is 6.58. The van der Waals surface area contributed by atoms with Gasteiger partial charge in [-0.1, -0.05) is 30.3 Å². The molecule has 2 N–H and O–H groups in total. The summed E-state index contributed by atoms with van der Waals surface area (Å²) in [5.41, 5.74) is 1.92. The van der Waals surface area contributed by atoms with Crippen molar-refractivity contribution in [1.29, 1.82) is 0 Å². The van der Waals surface area contributed by atoms with E-state index >= 15 is 0 Å². The topological polar surface area (TPSA) is 76.7 Å². The van der Waals surface area contributed by atoms with Crippen LogP contribution in [0.5, 0.6) is 5.75 Å². The van der Waals surface area contributed by atoms with Crippen molar-refractivity contribution in [2.45, 2.75) is 26.5 Å². The number of hydrogen-bond donors (Lipinski definition) is 2. The lowest BCUT2D eigenvalue weighted by molar-refractivity contribution is 0.189. The van der Waals surface area contributed by atoms with Crippen LogP contribution in [0.1, 0.15) is 17.7 Å². The number of methoxy groups -OCH3 is 1. The third-order valence-corrected chi connectivity index (χ3v) is 3.30. The molecule has 0 bridgehead atoms. The molecule has 22 heavy (non-hydrogen) atoms. The number of rotatable bonds is 8. The smallest absolute Gasteiger partial charge is 0.486 e. The van der Waals surface area contributed by atoms with E-state index in [1.165, 1.54) is 0 Å². The summed E-state index contributed by atoms with van der Waals surface area (Å²) in [5.74, 6) is 0.427. The van der Waals surface area contributed by atoms with Gasteiger partial charge in [0, 0.05) is 20.3 Å². The lowest BCUT2D eigenvalue weighted by Gasteiger charge is -2.10. The Labute approximate surface area is 130 Å². The maximum atomic E-state index is 9.64. The van der Waals surface area contributed by atoms with E-state index in [1.54, 1.807) is 18.7 Å². The molecule has 7 heteroatoms. The maximum Gasteiger partial charge on any atom is 0.511 e. The molecule has 6 nitrogen and oxygen atoms in total. The Morgan fingerprint density at radius 2 is 1.95 bits per heavy atom. The molecule has 1 heterocycles. The third-order valence-electron chi connectivity index (χ3n) is 3.30. The summed E-state index contributed by atoms with van der Waals surface area (Å²) in [6.45, 7) is 3.26. The molecule has 1 aromatic carbocycles. The van der Waals surface area contributed by atoms with Gasteiger partial charge in [0.1, 0.15) is 17.9 Å². The zero-order valence-corrected chi connectivity index (χ0v) is 12.9. The highest BCUT2D eigenvalue weighted by Crippen LogP contribution is 2.16. The zero-order valence-electron chi connectivity index (χ0n) is 12.9. The molecule has 0 fully saturated rings. The average Bonchev–Trinajstić information content (AvgIpc) is 2.82. The number of aromatic nitrogens is 2. The van der Waals surface area contributed by atoms with E-state index in [1.807, 2.05) is 30.3 Å². The largest absolute Gasteiger partial charge is 0.511 e. The van der Waals surface area contributed by atoms with Gasteiger partial charge < -0.3 is 19.5 Å². The average molecular weight is 304 g/mol. The first-order valence-corrected chi connectivity index (χ1v) is 7.22. The van der Waals surface area contributed by atoms with Gasteiger partial charge in [0.2, 0.25) is 0 Å². The Kier molecular flexibility index (Phi) is 6.00. The molecule has 0 spiro atoms. The molecule has 0 saturated carbocycles. The van der Waals surface area contributed by atoms with Gasteiger partial charge in [-0.3, -0.25) is 4.68 Å². The van der Waals surface area contributed by atoms with Crippen LogP contribution < -0.4 is 10.3 Å². The minimum atomic E-state index is -1.63. The van der Waals surface area contributed by atoms with Crippen molar-refractivity contribution in [2.75, 3.05) is 13.7 Å². The van der Waals surface area contributed by atoms with Crippen molar-refractivity contribution >= 4 is 12.7 Å². The first-order chi connectivity index (χ1) is 10.6. The standard InChI is InChI=1S/C15H21BN2O4/c1-12-14(22-11-13-7-4-3-5-8-13)15(16(19)20)18(17-12)9-6-10-21-2/h3-5,7-8,19-20H,6,9-11H2,1-2H3. The molecule has 0 amide bonds. The number of hydrogen-bond acceptors (Lipinski definition) is 5. The Bertz CT molecular complexity index is 587. The van der Waals surface area contributed by atoms with Crippen LogP contribution in [0.3, 0.4) is 0 Å². The molecule has 2 rings (SSSR count). The summed E-state index contributed by atoms with van der Waals surface area (Å²) in [6, 6.07) is 9.70.